The highest BCUT2D eigenvalue weighted by molar-refractivity contribution is 7.10. The lowest BCUT2D eigenvalue weighted by molar-refractivity contribution is -0.122. The van der Waals surface area contributed by atoms with Gasteiger partial charge in [-0.25, -0.2) is 4.98 Å². The average molecular weight is 398 g/mol. The molecule has 1 aromatic carbocycles. The van der Waals surface area contributed by atoms with Crippen LogP contribution in [0.2, 0.25) is 0 Å². The minimum atomic E-state index is -0.132. The Balaban J connectivity index is 1.81. The highest BCUT2D eigenvalue weighted by Crippen LogP contribution is 2.23. The van der Waals surface area contributed by atoms with Crippen molar-refractivity contribution in [1.82, 2.24) is 14.9 Å². The molecule has 6 heteroatoms. The van der Waals surface area contributed by atoms with Gasteiger partial charge in [0.1, 0.15) is 5.69 Å². The summed E-state index contributed by atoms with van der Waals surface area (Å²) in [6.45, 7) is 8.24. The number of thiophene rings is 1. The number of benzene rings is 1. The van der Waals surface area contributed by atoms with Gasteiger partial charge < -0.3 is 9.88 Å². The zero-order valence-corrected chi connectivity index (χ0v) is 17.7. The Morgan fingerprint density at radius 2 is 2.00 bits per heavy atom. The minimum Gasteiger partial charge on any atom is -0.348 e. The molecule has 0 radical (unpaired) electrons. The molecule has 1 atom stereocenters. The molecule has 0 fully saturated rings. The van der Waals surface area contributed by atoms with Gasteiger partial charge in [-0.1, -0.05) is 19.4 Å². The topological polar surface area (TPSA) is 64.0 Å². The number of aryl methyl sites for hydroxylation is 4. The number of hydrogen-bond donors (Lipinski definition) is 1. The number of fused-ring (bicyclic) bond motifs is 1. The first-order chi connectivity index (χ1) is 13.4. The Kier molecular flexibility index (Phi) is 6.29. The van der Waals surface area contributed by atoms with Gasteiger partial charge in [-0.05, 0) is 61.9 Å². The van der Waals surface area contributed by atoms with Gasteiger partial charge in [-0.15, -0.1) is 11.3 Å². The Bertz CT molecular complexity index is 1040. The van der Waals surface area contributed by atoms with Crippen LogP contribution in [0.3, 0.4) is 0 Å². The number of amides is 1. The summed E-state index contributed by atoms with van der Waals surface area (Å²) in [5.41, 5.74) is 4.15. The lowest BCUT2D eigenvalue weighted by Crippen LogP contribution is -2.31. The molecule has 0 spiro atoms. The molecule has 0 aliphatic heterocycles. The van der Waals surface area contributed by atoms with Gasteiger partial charge in [0.05, 0.1) is 17.1 Å². The maximum absolute atomic E-state index is 12.7. The fourth-order valence-electron chi connectivity index (χ4n) is 3.39. The summed E-state index contributed by atoms with van der Waals surface area (Å²) in [7, 11) is 0. The van der Waals surface area contributed by atoms with Crippen molar-refractivity contribution >= 4 is 28.3 Å². The van der Waals surface area contributed by atoms with Crippen molar-refractivity contribution in [3.63, 3.8) is 0 Å². The second-order valence-electron chi connectivity index (χ2n) is 7.25. The van der Waals surface area contributed by atoms with Gasteiger partial charge in [-0.2, -0.15) is 0 Å². The number of nitrogens with one attached hydrogen (secondary N) is 1. The molecule has 3 aromatic rings. The van der Waals surface area contributed by atoms with E-state index in [4.69, 9.17) is 0 Å². The first kappa shape index (κ1) is 20.3. The molecule has 0 unspecified atom stereocenters. The SMILES string of the molecule is CCC[C@H](NC(=O)CCn1c(=O)c(C)nc2cc(C)c(C)cc21)c1cccs1. The fraction of sp³-hybridized carbons (Fsp3) is 0.409. The van der Waals surface area contributed by atoms with E-state index in [1.165, 1.54) is 4.88 Å². The summed E-state index contributed by atoms with van der Waals surface area (Å²) in [4.78, 5) is 30.9. The lowest BCUT2D eigenvalue weighted by atomic mass is 10.1. The molecule has 148 valence electrons. The Morgan fingerprint density at radius 3 is 2.68 bits per heavy atom. The smallest absolute Gasteiger partial charge is 0.272 e. The van der Waals surface area contributed by atoms with Crippen molar-refractivity contribution in [2.24, 2.45) is 0 Å². The standard InChI is InChI=1S/C22H27N3O2S/c1-5-7-17(20-8-6-11-28-20)24-21(26)9-10-25-19-13-15(3)14(2)12-18(19)23-16(4)22(25)27/h6,8,11-13,17H,5,7,9-10H2,1-4H3,(H,24,26)/t17-/m0/s1. The largest absolute Gasteiger partial charge is 0.348 e. The van der Waals surface area contributed by atoms with E-state index in [0.717, 1.165) is 35.0 Å². The van der Waals surface area contributed by atoms with Crippen molar-refractivity contribution < 1.29 is 4.79 Å². The van der Waals surface area contributed by atoms with Crippen molar-refractivity contribution in [3.8, 4) is 0 Å². The third kappa shape index (κ3) is 4.33. The summed E-state index contributed by atoms with van der Waals surface area (Å²) in [6, 6.07) is 8.09. The first-order valence-electron chi connectivity index (χ1n) is 9.72. The van der Waals surface area contributed by atoms with Crippen LogP contribution in [-0.4, -0.2) is 15.5 Å². The number of carbonyl (C=O) groups is 1. The van der Waals surface area contributed by atoms with Crippen LogP contribution in [0, 0.1) is 20.8 Å². The molecule has 0 saturated carbocycles. The van der Waals surface area contributed by atoms with Crippen LogP contribution < -0.4 is 10.9 Å². The summed E-state index contributed by atoms with van der Waals surface area (Å²) in [5.74, 6) is -0.0369. The molecular weight excluding hydrogens is 370 g/mol. The van der Waals surface area contributed by atoms with Crippen LogP contribution in [0.15, 0.2) is 34.4 Å². The van der Waals surface area contributed by atoms with E-state index in [0.29, 0.717) is 12.2 Å². The first-order valence-corrected chi connectivity index (χ1v) is 10.6. The Hall–Kier alpha value is -2.47. The monoisotopic (exact) mass is 397 g/mol. The molecule has 2 heterocycles. The van der Waals surface area contributed by atoms with Crippen molar-refractivity contribution in [1.29, 1.82) is 0 Å². The van der Waals surface area contributed by atoms with Gasteiger partial charge in [0.25, 0.3) is 5.56 Å². The lowest BCUT2D eigenvalue weighted by Gasteiger charge is -2.17. The molecule has 5 nitrogen and oxygen atoms in total. The summed E-state index contributed by atoms with van der Waals surface area (Å²) in [5, 5.41) is 5.16. The van der Waals surface area contributed by atoms with Crippen LogP contribution >= 0.6 is 11.3 Å². The molecule has 3 rings (SSSR count). The zero-order chi connectivity index (χ0) is 20.3. The molecule has 0 aliphatic rings. The molecule has 0 saturated heterocycles. The number of aromatic nitrogens is 2. The van der Waals surface area contributed by atoms with E-state index in [2.05, 4.69) is 23.3 Å². The molecule has 1 amide bonds. The van der Waals surface area contributed by atoms with Gasteiger partial charge in [-0.3, -0.25) is 9.59 Å². The third-order valence-corrected chi connectivity index (χ3v) is 6.07. The van der Waals surface area contributed by atoms with Crippen LogP contribution in [0.1, 0.15) is 53.9 Å². The van der Waals surface area contributed by atoms with Gasteiger partial charge in [0.15, 0.2) is 0 Å². The second-order valence-corrected chi connectivity index (χ2v) is 8.23. The maximum Gasteiger partial charge on any atom is 0.272 e. The van der Waals surface area contributed by atoms with E-state index in [-0.39, 0.29) is 23.9 Å². The van der Waals surface area contributed by atoms with Crippen LogP contribution in [-0.2, 0) is 11.3 Å². The van der Waals surface area contributed by atoms with Crippen molar-refractivity contribution in [2.75, 3.05) is 0 Å². The van der Waals surface area contributed by atoms with Gasteiger partial charge in [0, 0.05) is 17.8 Å². The number of carbonyl (C=O) groups excluding carboxylic acids is 1. The molecular formula is C22H27N3O2S. The predicted octanol–water partition coefficient (Wildman–Crippen LogP) is 4.43. The molecule has 2 aromatic heterocycles. The molecule has 1 N–H and O–H groups in total. The maximum atomic E-state index is 12.7. The second kappa shape index (κ2) is 8.69. The Morgan fingerprint density at radius 1 is 1.25 bits per heavy atom. The summed E-state index contributed by atoms with van der Waals surface area (Å²) < 4.78 is 1.68. The highest BCUT2D eigenvalue weighted by atomic mass is 32.1. The quantitative estimate of drug-likeness (QED) is 0.641. The zero-order valence-electron chi connectivity index (χ0n) is 16.9. The molecule has 0 aliphatic carbocycles. The number of rotatable bonds is 7. The molecule has 28 heavy (non-hydrogen) atoms. The predicted molar refractivity (Wildman–Crippen MR) is 115 cm³/mol. The molecule has 0 bridgehead atoms. The van der Waals surface area contributed by atoms with Crippen LogP contribution in [0.5, 0.6) is 0 Å². The van der Waals surface area contributed by atoms with E-state index in [1.54, 1.807) is 22.8 Å². The highest BCUT2D eigenvalue weighted by Gasteiger charge is 2.16. The average Bonchev–Trinajstić information content (AvgIpc) is 3.18. The number of nitrogens with zero attached hydrogens (tertiary/aromatic N) is 2. The fourth-order valence-corrected chi connectivity index (χ4v) is 4.20. The van der Waals surface area contributed by atoms with Crippen LogP contribution in [0.25, 0.3) is 11.0 Å². The minimum absolute atomic E-state index is 0.0369. The van der Waals surface area contributed by atoms with E-state index < -0.39 is 0 Å². The van der Waals surface area contributed by atoms with E-state index >= 15 is 0 Å². The summed E-state index contributed by atoms with van der Waals surface area (Å²) in [6.07, 6.45) is 2.16. The number of hydrogen-bond acceptors (Lipinski definition) is 4. The van der Waals surface area contributed by atoms with Crippen molar-refractivity contribution in [3.05, 3.63) is 61.7 Å². The van der Waals surface area contributed by atoms with Gasteiger partial charge >= 0.3 is 0 Å². The third-order valence-electron chi connectivity index (χ3n) is 5.09. The van der Waals surface area contributed by atoms with Crippen molar-refractivity contribution in [2.45, 2.75) is 59.5 Å². The van der Waals surface area contributed by atoms with E-state index in [9.17, 15) is 9.59 Å². The normalized spacial score (nSPS) is 12.3. The van der Waals surface area contributed by atoms with Crippen LogP contribution in [0.4, 0.5) is 0 Å². The van der Waals surface area contributed by atoms with E-state index in [1.807, 2.05) is 37.4 Å². The van der Waals surface area contributed by atoms with Gasteiger partial charge in [0.2, 0.25) is 5.91 Å². The Labute approximate surface area is 169 Å². The summed E-state index contributed by atoms with van der Waals surface area (Å²) >= 11 is 1.66.